The van der Waals surface area contributed by atoms with Gasteiger partial charge in [0.1, 0.15) is 6.10 Å². The quantitative estimate of drug-likeness (QED) is 0.0363. The number of amides is 1. The van der Waals surface area contributed by atoms with E-state index >= 15 is 0 Å². The number of aliphatic hydroxyl groups excluding tert-OH is 3. The predicted octanol–water partition coefficient (Wildman–Crippen LogP) is 16.7. The van der Waals surface area contributed by atoms with Gasteiger partial charge in [-0.1, -0.05) is 283 Å². The maximum atomic E-state index is 12.5. The van der Waals surface area contributed by atoms with Crippen molar-refractivity contribution in [2.45, 2.75) is 327 Å². The fourth-order valence-corrected chi connectivity index (χ4v) is 8.84. The molecule has 0 aromatic rings. The lowest BCUT2D eigenvalue weighted by atomic mass is 10.0. The van der Waals surface area contributed by atoms with E-state index in [0.717, 1.165) is 32.1 Å². The summed E-state index contributed by atoms with van der Waals surface area (Å²) in [5.74, 6) is -0.466. The molecule has 0 rings (SSSR count). The highest BCUT2D eigenvalue weighted by molar-refractivity contribution is 5.80. The third-order valence-electron chi connectivity index (χ3n) is 13.1. The number of allylic oxidation sites excluding steroid dienone is 2. The van der Waals surface area contributed by atoms with E-state index in [9.17, 15) is 20.1 Å². The Kier molecular flexibility index (Phi) is 50.0. The average molecular weight is 848 g/mol. The molecule has 0 aromatic heterocycles. The van der Waals surface area contributed by atoms with Crippen LogP contribution in [0.4, 0.5) is 0 Å². The van der Waals surface area contributed by atoms with Gasteiger partial charge in [0.25, 0.3) is 0 Å². The van der Waals surface area contributed by atoms with Crippen molar-refractivity contribution in [1.82, 2.24) is 5.32 Å². The van der Waals surface area contributed by atoms with Gasteiger partial charge in [-0.25, -0.2) is 0 Å². The number of unbranched alkanes of at least 4 members (excludes halogenated alkanes) is 41. The van der Waals surface area contributed by atoms with E-state index < -0.39 is 24.2 Å². The number of rotatable bonds is 51. The molecule has 60 heavy (non-hydrogen) atoms. The second-order valence-corrected chi connectivity index (χ2v) is 19.1. The minimum atomic E-state index is -1.07. The first-order valence-electron chi connectivity index (χ1n) is 27.5. The van der Waals surface area contributed by atoms with Crippen molar-refractivity contribution in [3.8, 4) is 0 Å². The molecule has 0 bridgehead atoms. The molecular formula is C55H109NO4. The van der Waals surface area contributed by atoms with E-state index in [2.05, 4.69) is 31.3 Å². The Morgan fingerprint density at radius 3 is 0.917 bits per heavy atom. The second kappa shape index (κ2) is 50.7. The summed E-state index contributed by atoms with van der Waals surface area (Å²) in [5.41, 5.74) is 0. The van der Waals surface area contributed by atoms with Gasteiger partial charge in [-0.2, -0.15) is 0 Å². The predicted molar refractivity (Wildman–Crippen MR) is 264 cm³/mol. The number of hydrogen-bond acceptors (Lipinski definition) is 4. The fraction of sp³-hybridized carbons (Fsp3) is 0.945. The summed E-state index contributed by atoms with van der Waals surface area (Å²) in [6.07, 6.45) is 62.7. The first-order valence-corrected chi connectivity index (χ1v) is 27.5. The van der Waals surface area contributed by atoms with Gasteiger partial charge in [-0.3, -0.25) is 4.79 Å². The van der Waals surface area contributed by atoms with Crippen LogP contribution in [0.1, 0.15) is 309 Å². The molecule has 0 aliphatic carbocycles. The van der Waals surface area contributed by atoms with Crippen molar-refractivity contribution >= 4 is 5.91 Å². The molecule has 0 aromatic carbocycles. The van der Waals surface area contributed by atoms with E-state index in [4.69, 9.17) is 0 Å². The Morgan fingerprint density at radius 1 is 0.383 bits per heavy atom. The smallest absolute Gasteiger partial charge is 0.249 e. The molecule has 0 aliphatic rings. The highest BCUT2D eigenvalue weighted by Gasteiger charge is 2.23. The van der Waals surface area contributed by atoms with Crippen LogP contribution in [0.25, 0.3) is 0 Å². The topological polar surface area (TPSA) is 89.8 Å². The molecule has 0 radical (unpaired) electrons. The maximum absolute atomic E-state index is 12.5. The second-order valence-electron chi connectivity index (χ2n) is 19.1. The van der Waals surface area contributed by atoms with Gasteiger partial charge in [0, 0.05) is 0 Å². The lowest BCUT2D eigenvalue weighted by Crippen LogP contribution is -2.49. The van der Waals surface area contributed by atoms with Gasteiger partial charge in [-0.05, 0) is 38.5 Å². The Labute approximate surface area is 376 Å². The van der Waals surface area contributed by atoms with Crippen LogP contribution in [-0.2, 0) is 4.79 Å². The average Bonchev–Trinajstić information content (AvgIpc) is 3.25. The Hall–Kier alpha value is -0.910. The Bertz CT molecular complexity index is 848. The lowest BCUT2D eigenvalue weighted by molar-refractivity contribution is -0.131. The summed E-state index contributed by atoms with van der Waals surface area (Å²) in [5, 5.41) is 33.4. The molecule has 0 saturated heterocycles. The fourth-order valence-electron chi connectivity index (χ4n) is 8.84. The first kappa shape index (κ1) is 59.1. The van der Waals surface area contributed by atoms with Crippen LogP contribution >= 0.6 is 0 Å². The molecule has 5 heteroatoms. The number of nitrogens with one attached hydrogen (secondary N) is 1. The van der Waals surface area contributed by atoms with Crippen LogP contribution in [-0.4, -0.2) is 46.1 Å². The SMILES string of the molecule is CCCCCCCCCCCCCCCC/C=C\CCCCCCCCCCCCCCCCCCC(O)C(=O)NC(CO)C(O)CCCCCCCCCCCCCC. The molecule has 358 valence electrons. The third-order valence-corrected chi connectivity index (χ3v) is 13.1. The third kappa shape index (κ3) is 45.1. The van der Waals surface area contributed by atoms with Gasteiger partial charge in [0.15, 0.2) is 0 Å². The van der Waals surface area contributed by atoms with Crippen LogP contribution in [0.15, 0.2) is 12.2 Å². The number of hydrogen-bond donors (Lipinski definition) is 4. The van der Waals surface area contributed by atoms with Crippen LogP contribution in [0.2, 0.25) is 0 Å². The van der Waals surface area contributed by atoms with E-state index in [-0.39, 0.29) is 6.61 Å². The molecule has 1 amide bonds. The van der Waals surface area contributed by atoms with Crippen molar-refractivity contribution in [3.05, 3.63) is 12.2 Å². The van der Waals surface area contributed by atoms with Gasteiger partial charge >= 0.3 is 0 Å². The van der Waals surface area contributed by atoms with Gasteiger partial charge < -0.3 is 20.6 Å². The molecule has 0 aliphatic heterocycles. The minimum absolute atomic E-state index is 0.310. The molecule has 4 N–H and O–H groups in total. The van der Waals surface area contributed by atoms with Gasteiger partial charge in [0.05, 0.1) is 18.8 Å². The van der Waals surface area contributed by atoms with Gasteiger partial charge in [0.2, 0.25) is 5.91 Å². The van der Waals surface area contributed by atoms with E-state index in [1.165, 1.54) is 250 Å². The van der Waals surface area contributed by atoms with Crippen LogP contribution in [0.3, 0.4) is 0 Å². The molecule has 0 fully saturated rings. The van der Waals surface area contributed by atoms with E-state index in [0.29, 0.717) is 12.8 Å². The summed E-state index contributed by atoms with van der Waals surface area (Å²) in [6.45, 7) is 4.25. The maximum Gasteiger partial charge on any atom is 0.249 e. The first-order chi connectivity index (χ1) is 29.6. The number of carbonyl (C=O) groups is 1. The lowest BCUT2D eigenvalue weighted by Gasteiger charge is -2.23. The molecule has 3 unspecified atom stereocenters. The van der Waals surface area contributed by atoms with Crippen molar-refractivity contribution in [1.29, 1.82) is 0 Å². The van der Waals surface area contributed by atoms with Crippen molar-refractivity contribution in [2.75, 3.05) is 6.61 Å². The van der Waals surface area contributed by atoms with Crippen LogP contribution < -0.4 is 5.32 Å². The van der Waals surface area contributed by atoms with Crippen LogP contribution in [0, 0.1) is 0 Å². The summed E-state index contributed by atoms with van der Waals surface area (Å²) < 4.78 is 0. The van der Waals surface area contributed by atoms with Crippen LogP contribution in [0.5, 0.6) is 0 Å². The normalized spacial score (nSPS) is 13.3. The monoisotopic (exact) mass is 848 g/mol. The summed E-state index contributed by atoms with van der Waals surface area (Å²) in [4.78, 5) is 12.5. The largest absolute Gasteiger partial charge is 0.394 e. The molecule has 3 atom stereocenters. The zero-order chi connectivity index (χ0) is 43.7. The highest BCUT2D eigenvalue weighted by Crippen LogP contribution is 2.18. The zero-order valence-corrected chi connectivity index (χ0v) is 40.9. The van der Waals surface area contributed by atoms with E-state index in [1.807, 2.05) is 0 Å². The standard InChI is InChI=1S/C55H109NO4/c1-3-5-7-9-11-13-15-17-18-19-20-21-22-23-24-25-26-27-28-29-30-31-32-33-34-35-36-37-38-40-42-44-46-48-50-54(59)55(60)56-52(51-57)53(58)49-47-45-43-41-39-16-14-12-10-8-6-4-2/h25-26,52-54,57-59H,3-24,27-51H2,1-2H3,(H,56,60)/b26-25-. The van der Waals surface area contributed by atoms with Crippen molar-refractivity contribution in [3.63, 3.8) is 0 Å². The summed E-state index contributed by atoms with van der Waals surface area (Å²) >= 11 is 0. The Morgan fingerprint density at radius 2 is 0.633 bits per heavy atom. The van der Waals surface area contributed by atoms with E-state index in [1.54, 1.807) is 0 Å². The zero-order valence-electron chi connectivity index (χ0n) is 40.9. The van der Waals surface area contributed by atoms with Gasteiger partial charge in [-0.15, -0.1) is 0 Å². The summed E-state index contributed by atoms with van der Waals surface area (Å²) in [7, 11) is 0. The minimum Gasteiger partial charge on any atom is -0.394 e. The Balaban J connectivity index is 3.44. The summed E-state index contributed by atoms with van der Waals surface area (Å²) in [6, 6.07) is -0.707. The number of carbonyl (C=O) groups excluding carboxylic acids is 1. The molecule has 5 nitrogen and oxygen atoms in total. The molecular weight excluding hydrogens is 739 g/mol. The highest BCUT2D eigenvalue weighted by atomic mass is 16.3. The molecule has 0 saturated carbocycles. The van der Waals surface area contributed by atoms with Crippen molar-refractivity contribution < 1.29 is 20.1 Å². The number of aliphatic hydroxyl groups is 3. The molecule has 0 heterocycles. The van der Waals surface area contributed by atoms with Crippen molar-refractivity contribution in [2.24, 2.45) is 0 Å². The molecule has 0 spiro atoms.